The molecule has 1 N–H and O–H groups in total. The molecule has 2 rings (SSSR count). The van der Waals surface area contributed by atoms with Gasteiger partial charge in [-0.05, 0) is 59.3 Å². The van der Waals surface area contributed by atoms with E-state index in [2.05, 4.69) is 27.9 Å². The molecule has 0 saturated carbocycles. The normalized spacial score (nSPS) is 10.1. The number of nitrogens with one attached hydrogen (secondary N) is 1. The van der Waals surface area contributed by atoms with Crippen LogP contribution in [0.3, 0.4) is 0 Å². The van der Waals surface area contributed by atoms with Crippen molar-refractivity contribution in [2.45, 2.75) is 6.92 Å². The molecule has 0 aromatic heterocycles. The molecule has 5 nitrogen and oxygen atoms in total. The van der Waals surface area contributed by atoms with Crippen molar-refractivity contribution >= 4 is 39.9 Å². The van der Waals surface area contributed by atoms with Crippen molar-refractivity contribution in [3.05, 3.63) is 67.3 Å². The first-order valence-electron chi connectivity index (χ1n) is 5.79. The lowest BCUT2D eigenvalue weighted by Crippen LogP contribution is -2.13. The van der Waals surface area contributed by atoms with E-state index in [4.69, 9.17) is 0 Å². The van der Waals surface area contributed by atoms with Gasteiger partial charge in [-0.2, -0.15) is 0 Å². The van der Waals surface area contributed by atoms with Crippen LogP contribution in [0.2, 0.25) is 0 Å². The van der Waals surface area contributed by atoms with E-state index in [0.29, 0.717) is 5.56 Å². The Bertz CT molecular complexity index is 686. The van der Waals surface area contributed by atoms with Crippen LogP contribution in [0.15, 0.2) is 42.5 Å². The summed E-state index contributed by atoms with van der Waals surface area (Å²) in [6.45, 7) is 1.76. The molecule has 0 atom stereocenters. The minimum atomic E-state index is -0.503. The predicted molar refractivity (Wildman–Crippen MR) is 84.9 cm³/mol. The van der Waals surface area contributed by atoms with E-state index in [0.717, 1.165) is 9.13 Å². The van der Waals surface area contributed by atoms with Crippen LogP contribution in [0.25, 0.3) is 0 Å². The van der Waals surface area contributed by atoms with Gasteiger partial charge in [-0.15, -0.1) is 0 Å². The lowest BCUT2D eigenvalue weighted by atomic mass is 10.1. The van der Waals surface area contributed by atoms with E-state index in [9.17, 15) is 14.9 Å². The molecule has 0 radical (unpaired) electrons. The molecule has 102 valence electrons. The number of nitro groups is 1. The van der Waals surface area contributed by atoms with Gasteiger partial charge in [0.15, 0.2) is 0 Å². The topological polar surface area (TPSA) is 72.2 Å². The standard InChI is InChI=1S/C14H11IN2O3/c1-9-5-6-12(13(7-9)17(19)20)16-14(18)10-3-2-4-11(15)8-10/h2-8H,1H3,(H,16,18). The number of anilines is 1. The fourth-order valence-corrected chi connectivity index (χ4v) is 2.27. The minimum Gasteiger partial charge on any atom is -0.316 e. The molecule has 1 amide bonds. The van der Waals surface area contributed by atoms with Crippen molar-refractivity contribution in [1.82, 2.24) is 0 Å². The zero-order valence-corrected chi connectivity index (χ0v) is 12.7. The Balaban J connectivity index is 2.30. The van der Waals surface area contributed by atoms with E-state index in [1.165, 1.54) is 6.07 Å². The zero-order chi connectivity index (χ0) is 14.7. The molecule has 0 spiro atoms. The summed E-state index contributed by atoms with van der Waals surface area (Å²) in [4.78, 5) is 22.6. The van der Waals surface area contributed by atoms with Crippen LogP contribution >= 0.6 is 22.6 Å². The van der Waals surface area contributed by atoms with Crippen LogP contribution in [0.4, 0.5) is 11.4 Å². The van der Waals surface area contributed by atoms with Gasteiger partial charge in [0.05, 0.1) is 4.92 Å². The molecule has 2 aromatic carbocycles. The summed E-state index contributed by atoms with van der Waals surface area (Å²) in [7, 11) is 0. The van der Waals surface area contributed by atoms with E-state index < -0.39 is 4.92 Å². The van der Waals surface area contributed by atoms with E-state index >= 15 is 0 Å². The van der Waals surface area contributed by atoms with Gasteiger partial charge in [-0.3, -0.25) is 14.9 Å². The van der Waals surface area contributed by atoms with Crippen LogP contribution in [0, 0.1) is 20.6 Å². The number of aryl methyl sites for hydroxylation is 1. The summed E-state index contributed by atoms with van der Waals surface area (Å²) in [6, 6.07) is 11.7. The van der Waals surface area contributed by atoms with Gasteiger partial charge in [-0.1, -0.05) is 12.1 Å². The number of benzene rings is 2. The first-order chi connectivity index (χ1) is 9.47. The minimum absolute atomic E-state index is 0.107. The Hall–Kier alpha value is -1.96. The fraction of sp³-hybridized carbons (Fsp3) is 0.0714. The third-order valence-corrected chi connectivity index (χ3v) is 3.36. The molecule has 2 aromatic rings. The number of nitro benzene ring substituents is 1. The van der Waals surface area contributed by atoms with Gasteiger partial charge in [0.2, 0.25) is 0 Å². The van der Waals surface area contributed by atoms with Crippen LogP contribution < -0.4 is 5.32 Å². The van der Waals surface area contributed by atoms with E-state index in [-0.39, 0.29) is 17.3 Å². The Morgan fingerprint density at radius 1 is 1.25 bits per heavy atom. The van der Waals surface area contributed by atoms with Crippen molar-refractivity contribution in [3.63, 3.8) is 0 Å². The molecule has 0 unspecified atom stereocenters. The summed E-state index contributed by atoms with van der Waals surface area (Å²) < 4.78 is 0.925. The smallest absolute Gasteiger partial charge is 0.293 e. The van der Waals surface area contributed by atoms with Gasteiger partial charge in [0.25, 0.3) is 11.6 Å². The maximum atomic E-state index is 12.1. The number of carbonyl (C=O) groups excluding carboxylic acids is 1. The first kappa shape index (κ1) is 14.4. The molecule has 0 saturated heterocycles. The molecule has 0 bridgehead atoms. The van der Waals surface area contributed by atoms with Gasteiger partial charge < -0.3 is 5.32 Å². The van der Waals surface area contributed by atoms with Gasteiger partial charge >= 0.3 is 0 Å². The molecule has 20 heavy (non-hydrogen) atoms. The van der Waals surface area contributed by atoms with Crippen molar-refractivity contribution < 1.29 is 9.72 Å². The highest BCUT2D eigenvalue weighted by atomic mass is 127. The largest absolute Gasteiger partial charge is 0.316 e. The Morgan fingerprint density at radius 3 is 2.65 bits per heavy atom. The highest BCUT2D eigenvalue weighted by Crippen LogP contribution is 2.25. The molecule has 6 heteroatoms. The second kappa shape index (κ2) is 6.00. The third-order valence-electron chi connectivity index (χ3n) is 2.68. The number of hydrogen-bond acceptors (Lipinski definition) is 3. The quantitative estimate of drug-likeness (QED) is 0.499. The molecule has 0 aliphatic rings. The summed E-state index contributed by atoms with van der Waals surface area (Å²) in [5.74, 6) is -0.365. The first-order valence-corrected chi connectivity index (χ1v) is 6.87. The van der Waals surface area contributed by atoms with Crippen LogP contribution in [0.5, 0.6) is 0 Å². The number of halogens is 1. The second-order valence-corrected chi connectivity index (χ2v) is 5.49. The number of hydrogen-bond donors (Lipinski definition) is 1. The molecule has 0 heterocycles. The van der Waals surface area contributed by atoms with Gasteiger partial charge in [-0.25, -0.2) is 0 Å². The average Bonchev–Trinajstić information content (AvgIpc) is 2.40. The molecule has 0 aliphatic carbocycles. The van der Waals surface area contributed by atoms with Crippen molar-refractivity contribution in [2.75, 3.05) is 5.32 Å². The monoisotopic (exact) mass is 382 g/mol. The summed E-state index contributed by atoms with van der Waals surface area (Å²) >= 11 is 2.10. The van der Waals surface area contributed by atoms with E-state index in [1.807, 2.05) is 6.07 Å². The van der Waals surface area contributed by atoms with Gasteiger partial charge in [0.1, 0.15) is 5.69 Å². The summed E-state index contributed by atoms with van der Waals surface area (Å²) in [5.41, 5.74) is 1.32. The zero-order valence-electron chi connectivity index (χ0n) is 10.6. The second-order valence-electron chi connectivity index (χ2n) is 4.24. The number of carbonyl (C=O) groups is 1. The Kier molecular flexibility index (Phi) is 4.33. The Labute approximate surface area is 129 Å². The molecular weight excluding hydrogens is 371 g/mol. The van der Waals surface area contributed by atoms with Gasteiger partial charge in [0, 0.05) is 15.2 Å². The lowest BCUT2D eigenvalue weighted by Gasteiger charge is -2.07. The third kappa shape index (κ3) is 3.32. The molecular formula is C14H11IN2O3. The predicted octanol–water partition coefficient (Wildman–Crippen LogP) is 3.76. The maximum Gasteiger partial charge on any atom is 0.293 e. The van der Waals surface area contributed by atoms with Crippen LogP contribution in [-0.4, -0.2) is 10.8 Å². The molecule has 0 aliphatic heterocycles. The number of rotatable bonds is 3. The lowest BCUT2D eigenvalue weighted by molar-refractivity contribution is -0.384. The summed E-state index contributed by atoms with van der Waals surface area (Å²) in [6.07, 6.45) is 0. The van der Waals surface area contributed by atoms with E-state index in [1.54, 1.807) is 37.3 Å². The maximum absolute atomic E-state index is 12.1. The number of nitrogens with zero attached hydrogens (tertiary/aromatic N) is 1. The molecule has 0 fully saturated rings. The summed E-state index contributed by atoms with van der Waals surface area (Å²) in [5, 5.41) is 13.6. The highest BCUT2D eigenvalue weighted by Gasteiger charge is 2.16. The fourth-order valence-electron chi connectivity index (χ4n) is 1.72. The van der Waals surface area contributed by atoms with Crippen molar-refractivity contribution in [3.8, 4) is 0 Å². The van der Waals surface area contributed by atoms with Crippen molar-refractivity contribution in [1.29, 1.82) is 0 Å². The van der Waals surface area contributed by atoms with Crippen LogP contribution in [-0.2, 0) is 0 Å². The average molecular weight is 382 g/mol. The van der Waals surface area contributed by atoms with Crippen LogP contribution in [0.1, 0.15) is 15.9 Å². The highest BCUT2D eigenvalue weighted by molar-refractivity contribution is 14.1. The Morgan fingerprint density at radius 2 is 2.00 bits per heavy atom. The number of amides is 1. The van der Waals surface area contributed by atoms with Crippen molar-refractivity contribution in [2.24, 2.45) is 0 Å². The SMILES string of the molecule is Cc1ccc(NC(=O)c2cccc(I)c2)c([N+](=O)[O-])c1.